The van der Waals surface area contributed by atoms with Crippen molar-refractivity contribution in [3.8, 4) is 11.5 Å². The molecule has 3 rings (SSSR count). The SMILES string of the molecule is COc1ccc(S(=O)(=O)N(Cc2ccccc2)Cc2cccc(C(N)=O)c2)cc1OC. The first kappa shape index (κ1) is 22.3. The van der Waals surface area contributed by atoms with Gasteiger partial charge >= 0.3 is 0 Å². The molecule has 162 valence electrons. The van der Waals surface area contributed by atoms with Gasteiger partial charge in [-0.1, -0.05) is 42.5 Å². The lowest BCUT2D eigenvalue weighted by Crippen LogP contribution is -2.30. The van der Waals surface area contributed by atoms with Crippen molar-refractivity contribution < 1.29 is 22.7 Å². The molecule has 1 amide bonds. The van der Waals surface area contributed by atoms with E-state index in [-0.39, 0.29) is 18.0 Å². The number of nitrogens with zero attached hydrogens (tertiary/aromatic N) is 1. The number of rotatable bonds is 9. The largest absolute Gasteiger partial charge is 0.493 e. The lowest BCUT2D eigenvalue weighted by molar-refractivity contribution is 0.1000. The highest BCUT2D eigenvalue weighted by Crippen LogP contribution is 2.31. The molecule has 2 N–H and O–H groups in total. The summed E-state index contributed by atoms with van der Waals surface area (Å²) in [5.74, 6) is 0.184. The van der Waals surface area contributed by atoms with Gasteiger partial charge in [0, 0.05) is 24.7 Å². The molecule has 0 heterocycles. The predicted octanol–water partition coefficient (Wildman–Crippen LogP) is 3.19. The molecule has 0 atom stereocenters. The monoisotopic (exact) mass is 440 g/mol. The standard InChI is InChI=1S/C23H24N2O5S/c1-29-21-12-11-20(14-22(21)30-2)31(27,28)25(15-17-7-4-3-5-8-17)16-18-9-6-10-19(13-18)23(24)26/h3-14H,15-16H2,1-2H3,(H2,24,26). The summed E-state index contributed by atoms with van der Waals surface area (Å²) in [5.41, 5.74) is 7.18. The molecule has 0 spiro atoms. The highest BCUT2D eigenvalue weighted by molar-refractivity contribution is 7.89. The Labute approximate surface area is 182 Å². The van der Waals surface area contributed by atoms with Crippen LogP contribution in [-0.2, 0) is 23.1 Å². The summed E-state index contributed by atoms with van der Waals surface area (Å²) in [6, 6.07) is 20.4. The van der Waals surface area contributed by atoms with Crippen LogP contribution >= 0.6 is 0 Å². The van der Waals surface area contributed by atoms with E-state index < -0.39 is 15.9 Å². The maximum Gasteiger partial charge on any atom is 0.248 e. The quantitative estimate of drug-likeness (QED) is 0.551. The zero-order chi connectivity index (χ0) is 22.4. The summed E-state index contributed by atoms with van der Waals surface area (Å²) in [4.78, 5) is 11.6. The first-order chi connectivity index (χ1) is 14.8. The fourth-order valence-electron chi connectivity index (χ4n) is 3.17. The molecular weight excluding hydrogens is 416 g/mol. The van der Waals surface area contributed by atoms with Gasteiger partial charge in [0.25, 0.3) is 0 Å². The molecule has 0 radical (unpaired) electrons. The van der Waals surface area contributed by atoms with Crippen molar-refractivity contribution in [2.75, 3.05) is 14.2 Å². The molecule has 0 aliphatic heterocycles. The number of carbonyl (C=O) groups is 1. The van der Waals surface area contributed by atoms with E-state index in [2.05, 4.69) is 0 Å². The van der Waals surface area contributed by atoms with Crippen molar-refractivity contribution in [1.29, 1.82) is 0 Å². The van der Waals surface area contributed by atoms with Crippen molar-refractivity contribution in [3.63, 3.8) is 0 Å². The lowest BCUT2D eigenvalue weighted by atomic mass is 10.1. The van der Waals surface area contributed by atoms with Crippen LogP contribution in [0.3, 0.4) is 0 Å². The van der Waals surface area contributed by atoms with Gasteiger partial charge in [-0.05, 0) is 35.4 Å². The van der Waals surface area contributed by atoms with Gasteiger partial charge in [0.1, 0.15) is 0 Å². The Kier molecular flexibility index (Phi) is 6.94. The first-order valence-electron chi connectivity index (χ1n) is 9.50. The smallest absolute Gasteiger partial charge is 0.248 e. The van der Waals surface area contributed by atoms with Crippen LogP contribution in [0, 0.1) is 0 Å². The molecule has 0 aliphatic rings. The molecule has 0 aliphatic carbocycles. The third-order valence-electron chi connectivity index (χ3n) is 4.76. The molecule has 31 heavy (non-hydrogen) atoms. The van der Waals surface area contributed by atoms with E-state index >= 15 is 0 Å². The van der Waals surface area contributed by atoms with Gasteiger partial charge in [-0.25, -0.2) is 8.42 Å². The van der Waals surface area contributed by atoms with E-state index in [1.807, 2.05) is 30.3 Å². The average Bonchev–Trinajstić information content (AvgIpc) is 2.79. The summed E-state index contributed by atoms with van der Waals surface area (Å²) >= 11 is 0. The third-order valence-corrected chi connectivity index (χ3v) is 6.55. The van der Waals surface area contributed by atoms with Crippen LogP contribution in [0.25, 0.3) is 0 Å². The van der Waals surface area contributed by atoms with E-state index in [0.717, 1.165) is 5.56 Å². The Hall–Kier alpha value is -3.36. The summed E-state index contributed by atoms with van der Waals surface area (Å²) < 4.78 is 39.0. The zero-order valence-corrected chi connectivity index (χ0v) is 18.1. The van der Waals surface area contributed by atoms with Gasteiger partial charge in [0.05, 0.1) is 19.1 Å². The lowest BCUT2D eigenvalue weighted by Gasteiger charge is -2.23. The summed E-state index contributed by atoms with van der Waals surface area (Å²) in [6.07, 6.45) is 0. The normalized spacial score (nSPS) is 11.3. The summed E-state index contributed by atoms with van der Waals surface area (Å²) in [7, 11) is -0.971. The van der Waals surface area contributed by atoms with Crippen LogP contribution < -0.4 is 15.2 Å². The molecular formula is C23H24N2O5S. The molecule has 0 saturated carbocycles. The number of methoxy groups -OCH3 is 2. The molecule has 0 saturated heterocycles. The predicted molar refractivity (Wildman–Crippen MR) is 117 cm³/mol. The second-order valence-electron chi connectivity index (χ2n) is 6.84. The number of nitrogens with two attached hydrogens (primary N) is 1. The van der Waals surface area contributed by atoms with E-state index in [0.29, 0.717) is 22.6 Å². The van der Waals surface area contributed by atoms with Gasteiger partial charge in [-0.15, -0.1) is 0 Å². The maximum atomic E-state index is 13.6. The van der Waals surface area contributed by atoms with Gasteiger partial charge in [0.15, 0.2) is 11.5 Å². The minimum absolute atomic E-state index is 0.0622. The number of carbonyl (C=O) groups excluding carboxylic acids is 1. The topological polar surface area (TPSA) is 98.9 Å². The van der Waals surface area contributed by atoms with E-state index in [1.54, 1.807) is 30.3 Å². The minimum Gasteiger partial charge on any atom is -0.493 e. The first-order valence-corrected chi connectivity index (χ1v) is 10.9. The highest BCUT2D eigenvalue weighted by Gasteiger charge is 2.26. The molecule has 0 unspecified atom stereocenters. The van der Waals surface area contributed by atoms with Crippen LogP contribution in [-0.4, -0.2) is 32.8 Å². The fourth-order valence-corrected chi connectivity index (χ4v) is 4.60. The van der Waals surface area contributed by atoms with E-state index in [9.17, 15) is 13.2 Å². The van der Waals surface area contributed by atoms with Crippen molar-refractivity contribution >= 4 is 15.9 Å². The number of hydrogen-bond acceptors (Lipinski definition) is 5. The van der Waals surface area contributed by atoms with Gasteiger partial charge in [-0.3, -0.25) is 4.79 Å². The molecule has 8 heteroatoms. The Balaban J connectivity index is 2.02. The van der Waals surface area contributed by atoms with Crippen LogP contribution in [0.15, 0.2) is 77.7 Å². The number of amides is 1. The van der Waals surface area contributed by atoms with Gasteiger partial charge in [0.2, 0.25) is 15.9 Å². The molecule has 0 bridgehead atoms. The Morgan fingerprint density at radius 3 is 2.13 bits per heavy atom. The van der Waals surface area contributed by atoms with Crippen molar-refractivity contribution in [2.24, 2.45) is 5.73 Å². The van der Waals surface area contributed by atoms with Crippen LogP contribution in [0.5, 0.6) is 11.5 Å². The second kappa shape index (κ2) is 9.63. The van der Waals surface area contributed by atoms with Crippen molar-refractivity contribution in [1.82, 2.24) is 4.31 Å². The summed E-state index contributed by atoms with van der Waals surface area (Å²) in [6.45, 7) is 0.213. The van der Waals surface area contributed by atoms with Gasteiger partial charge in [-0.2, -0.15) is 4.31 Å². The van der Waals surface area contributed by atoms with Crippen molar-refractivity contribution in [2.45, 2.75) is 18.0 Å². The molecule has 3 aromatic rings. The Morgan fingerprint density at radius 1 is 0.839 bits per heavy atom. The molecule has 0 aromatic heterocycles. The average molecular weight is 441 g/mol. The fraction of sp³-hybridized carbons (Fsp3) is 0.174. The number of primary amides is 1. The highest BCUT2D eigenvalue weighted by atomic mass is 32.2. The molecule has 7 nitrogen and oxygen atoms in total. The number of ether oxygens (including phenoxy) is 2. The maximum absolute atomic E-state index is 13.6. The Bertz CT molecular complexity index is 1160. The number of sulfonamides is 1. The number of hydrogen-bond donors (Lipinski definition) is 1. The third kappa shape index (κ3) is 5.22. The van der Waals surface area contributed by atoms with Crippen molar-refractivity contribution in [3.05, 3.63) is 89.5 Å². The van der Waals surface area contributed by atoms with Crippen LogP contribution in [0.4, 0.5) is 0 Å². The van der Waals surface area contributed by atoms with E-state index in [1.165, 1.54) is 30.7 Å². The Morgan fingerprint density at radius 2 is 1.48 bits per heavy atom. The molecule has 0 fully saturated rings. The zero-order valence-electron chi connectivity index (χ0n) is 17.3. The van der Waals surface area contributed by atoms with Crippen LogP contribution in [0.1, 0.15) is 21.5 Å². The van der Waals surface area contributed by atoms with Crippen LogP contribution in [0.2, 0.25) is 0 Å². The minimum atomic E-state index is -3.91. The van der Waals surface area contributed by atoms with E-state index in [4.69, 9.17) is 15.2 Å². The molecule has 3 aromatic carbocycles. The second-order valence-corrected chi connectivity index (χ2v) is 8.78. The number of benzene rings is 3. The summed E-state index contributed by atoms with van der Waals surface area (Å²) in [5, 5.41) is 0. The van der Waals surface area contributed by atoms with Gasteiger partial charge < -0.3 is 15.2 Å².